The molecule has 0 spiro atoms. The molecule has 0 N–H and O–H groups in total. The predicted octanol–water partition coefficient (Wildman–Crippen LogP) is 4.68. The van der Waals surface area contributed by atoms with Crippen molar-refractivity contribution >= 4 is 32.3 Å². The van der Waals surface area contributed by atoms with Crippen LogP contribution in [0.4, 0.5) is 0 Å². The maximum absolute atomic E-state index is 2.12. The second-order valence-electron chi connectivity index (χ2n) is 6.46. The average Bonchev–Trinajstić information content (AvgIpc) is 3.48. The molecule has 0 radical (unpaired) electrons. The van der Waals surface area contributed by atoms with Gasteiger partial charge in [0.15, 0.2) is 0 Å². The summed E-state index contributed by atoms with van der Waals surface area (Å²) in [7, 11) is 0. The SMILES string of the molecule is [Cl-].[Th+4].c1ccc2[cH-]ccc2c1.c1ccc2[cH-]ccc2c1.c1ccc2[cH-]ccc2c1. The van der Waals surface area contributed by atoms with Crippen molar-refractivity contribution in [1.29, 1.82) is 0 Å². The molecule has 2 heteroatoms. The van der Waals surface area contributed by atoms with Crippen molar-refractivity contribution in [3.63, 3.8) is 0 Å². The van der Waals surface area contributed by atoms with E-state index in [4.69, 9.17) is 0 Å². The van der Waals surface area contributed by atoms with E-state index in [1.807, 2.05) is 0 Å². The van der Waals surface area contributed by atoms with Gasteiger partial charge in [-0.1, -0.05) is 18.2 Å². The summed E-state index contributed by atoms with van der Waals surface area (Å²) in [5, 5.41) is 7.99. The Morgan fingerprint density at radius 1 is 0.379 bits per heavy atom. The number of rotatable bonds is 0. The summed E-state index contributed by atoms with van der Waals surface area (Å²) < 4.78 is 0. The molecule has 0 bridgehead atoms. The molecule has 140 valence electrons. The Bertz CT molecular complexity index is 991. The van der Waals surface area contributed by atoms with Crippen LogP contribution in [0.5, 0.6) is 0 Å². The van der Waals surface area contributed by atoms with Crippen molar-refractivity contribution in [3.8, 4) is 0 Å². The van der Waals surface area contributed by atoms with E-state index in [0.29, 0.717) is 0 Å². The minimum Gasteiger partial charge on any atom is -1.00 e. The van der Waals surface area contributed by atoms with Gasteiger partial charge in [0, 0.05) is 0 Å². The van der Waals surface area contributed by atoms with Gasteiger partial charge in [0.2, 0.25) is 0 Å². The third kappa shape index (κ3) is 6.29. The molecule has 0 aliphatic carbocycles. The van der Waals surface area contributed by atoms with E-state index in [9.17, 15) is 0 Å². The molecule has 0 fully saturated rings. The van der Waals surface area contributed by atoms with Gasteiger partial charge in [-0.05, 0) is 0 Å². The van der Waals surface area contributed by atoms with E-state index in [1.54, 1.807) is 0 Å². The number of hydrogen-bond acceptors (Lipinski definition) is 0. The van der Waals surface area contributed by atoms with Crippen LogP contribution in [0.15, 0.2) is 127 Å². The van der Waals surface area contributed by atoms with Crippen LogP contribution in [0.25, 0.3) is 32.3 Å². The smallest absolute Gasteiger partial charge is 1.00 e. The first-order chi connectivity index (χ1) is 13.4. The van der Waals surface area contributed by atoms with E-state index >= 15 is 0 Å². The molecule has 0 aromatic heterocycles. The molecule has 6 rings (SSSR count). The number of benzene rings is 3. The molecule has 6 aromatic carbocycles. The van der Waals surface area contributed by atoms with Crippen LogP contribution in [-0.2, 0) is 0 Å². The van der Waals surface area contributed by atoms with Gasteiger partial charge >= 0.3 is 39.9 Å². The molecule has 0 heterocycles. The van der Waals surface area contributed by atoms with E-state index in [2.05, 4.69) is 127 Å². The van der Waals surface area contributed by atoms with Crippen molar-refractivity contribution in [2.45, 2.75) is 0 Å². The van der Waals surface area contributed by atoms with Crippen LogP contribution < -0.4 is 12.4 Å². The van der Waals surface area contributed by atoms with E-state index in [-0.39, 0.29) is 52.3 Å². The summed E-state index contributed by atoms with van der Waals surface area (Å²) in [6.07, 6.45) is 0. The molecule has 0 nitrogen and oxygen atoms in total. The van der Waals surface area contributed by atoms with Crippen molar-refractivity contribution < 1.29 is 52.3 Å². The average molecular weight is 613 g/mol. The van der Waals surface area contributed by atoms with Crippen LogP contribution in [0.1, 0.15) is 0 Å². The molecule has 0 amide bonds. The van der Waals surface area contributed by atoms with Crippen molar-refractivity contribution in [3.05, 3.63) is 127 Å². The zero-order valence-corrected chi connectivity index (χ0v) is 20.9. The molecule has 0 atom stereocenters. The fraction of sp³-hybridized carbons (Fsp3) is 0. The van der Waals surface area contributed by atoms with E-state index in [0.717, 1.165) is 0 Å². The first-order valence-electron chi connectivity index (χ1n) is 9.21. The van der Waals surface area contributed by atoms with Gasteiger partial charge in [0.05, 0.1) is 0 Å². The number of fused-ring (bicyclic) bond motifs is 3. The van der Waals surface area contributed by atoms with Gasteiger partial charge in [-0.3, -0.25) is 0 Å². The largest absolute Gasteiger partial charge is 4.00 e. The van der Waals surface area contributed by atoms with Crippen LogP contribution in [0.3, 0.4) is 0 Å². The first kappa shape index (κ1) is 23.4. The molecule has 0 aliphatic rings. The quantitative estimate of drug-likeness (QED) is 0.219. The normalized spacial score (nSPS) is 9.52. The minimum absolute atomic E-state index is 0. The first-order valence-corrected chi connectivity index (χ1v) is 9.21. The summed E-state index contributed by atoms with van der Waals surface area (Å²) in [6.45, 7) is 0. The van der Waals surface area contributed by atoms with Gasteiger partial charge in [-0.2, -0.15) is 52.6 Å². The van der Waals surface area contributed by atoms with E-state index in [1.165, 1.54) is 32.3 Å². The third-order valence-electron chi connectivity index (χ3n) is 4.64. The molecular formula is C27H21ClTh. The molecule has 0 saturated carbocycles. The second kappa shape index (κ2) is 12.0. The Hall–Kier alpha value is -1.90. The van der Waals surface area contributed by atoms with Crippen LogP contribution in [0, 0.1) is 39.9 Å². The van der Waals surface area contributed by atoms with Crippen molar-refractivity contribution in [1.82, 2.24) is 0 Å². The summed E-state index contributed by atoms with van der Waals surface area (Å²) in [5.74, 6) is 0. The summed E-state index contributed by atoms with van der Waals surface area (Å²) >= 11 is 0. The minimum atomic E-state index is 0. The molecule has 6 aromatic rings. The van der Waals surface area contributed by atoms with Gasteiger partial charge in [0.1, 0.15) is 0 Å². The van der Waals surface area contributed by atoms with Crippen molar-refractivity contribution in [2.75, 3.05) is 0 Å². The second-order valence-corrected chi connectivity index (χ2v) is 6.46. The fourth-order valence-electron chi connectivity index (χ4n) is 3.21. The van der Waals surface area contributed by atoms with Crippen LogP contribution in [-0.4, -0.2) is 0 Å². The summed E-state index contributed by atoms with van der Waals surface area (Å²) in [6, 6.07) is 44.0. The molecular weight excluding hydrogens is 592 g/mol. The zero-order valence-electron chi connectivity index (χ0n) is 16.0. The van der Waals surface area contributed by atoms with Gasteiger partial charge in [-0.15, -0.1) is 89.0 Å². The van der Waals surface area contributed by atoms with Crippen LogP contribution >= 0.6 is 0 Å². The third-order valence-corrected chi connectivity index (χ3v) is 4.64. The van der Waals surface area contributed by atoms with Gasteiger partial charge in [0.25, 0.3) is 0 Å². The number of halogens is 1. The monoisotopic (exact) mass is 612 g/mol. The predicted molar refractivity (Wildman–Crippen MR) is 119 cm³/mol. The van der Waals surface area contributed by atoms with Gasteiger partial charge in [-0.25, -0.2) is 0 Å². The Morgan fingerprint density at radius 3 is 0.931 bits per heavy atom. The van der Waals surface area contributed by atoms with Crippen molar-refractivity contribution in [2.24, 2.45) is 0 Å². The zero-order chi connectivity index (χ0) is 18.3. The Labute approximate surface area is 210 Å². The molecule has 0 saturated heterocycles. The number of hydrogen-bond donors (Lipinski definition) is 0. The molecule has 0 unspecified atom stereocenters. The Kier molecular flexibility index (Phi) is 9.64. The Morgan fingerprint density at radius 2 is 0.655 bits per heavy atom. The van der Waals surface area contributed by atoms with E-state index < -0.39 is 0 Å². The maximum atomic E-state index is 2.12. The maximum Gasteiger partial charge on any atom is 4.00 e. The molecule has 0 aliphatic heterocycles. The van der Waals surface area contributed by atoms with Gasteiger partial charge < -0.3 is 12.4 Å². The standard InChI is InChI=1S/3C9H7.ClH.Th/c3*1-2-5-9-7-3-6-8(9)4-1;;/h3*1-7H;1H;/q3*-1;;+4/p-1. The van der Waals surface area contributed by atoms with Crippen LogP contribution in [0.2, 0.25) is 0 Å². The fourth-order valence-corrected chi connectivity index (χ4v) is 3.21. The summed E-state index contributed by atoms with van der Waals surface area (Å²) in [4.78, 5) is 0. The topological polar surface area (TPSA) is 0 Å². The Balaban J connectivity index is 0.000000150. The summed E-state index contributed by atoms with van der Waals surface area (Å²) in [5.41, 5.74) is 0. The molecule has 29 heavy (non-hydrogen) atoms.